The molecule has 0 aliphatic rings. The van der Waals surface area contributed by atoms with Crippen LogP contribution in [0.4, 0.5) is 0 Å². The van der Waals surface area contributed by atoms with Crippen molar-refractivity contribution in [2.75, 3.05) is 0 Å². The minimum Gasteiger partial charge on any atom is -0.267 e. The van der Waals surface area contributed by atoms with E-state index in [1.54, 1.807) is 6.20 Å². The van der Waals surface area contributed by atoms with Gasteiger partial charge in [0, 0.05) is 41.3 Å². The number of hydrogen-bond donors (Lipinski definition) is 0. The number of hydrogen-bond acceptors (Lipinski definition) is 4. The Balaban J connectivity index is 1.74. The molecule has 0 fully saturated rings. The van der Waals surface area contributed by atoms with Gasteiger partial charge in [0.1, 0.15) is 5.52 Å². The summed E-state index contributed by atoms with van der Waals surface area (Å²) in [6.07, 6.45) is 5.48. The monoisotopic (exact) mass is 403 g/mol. The Hall–Kier alpha value is -4.04. The van der Waals surface area contributed by atoms with Crippen molar-refractivity contribution in [3.8, 4) is 28.5 Å². The summed E-state index contributed by atoms with van der Waals surface area (Å²) < 4.78 is 1.91. The predicted octanol–water partition coefficient (Wildman–Crippen LogP) is 5.65. The highest BCUT2D eigenvalue weighted by molar-refractivity contribution is 6.12. The Morgan fingerprint density at radius 3 is 2.39 bits per heavy atom. The van der Waals surface area contributed by atoms with Crippen LogP contribution < -0.4 is 0 Å². The van der Waals surface area contributed by atoms with Crippen LogP contribution in [0.5, 0.6) is 0 Å². The van der Waals surface area contributed by atoms with Crippen LogP contribution in [-0.2, 0) is 12.5 Å². The maximum Gasteiger partial charge on any atom is 0.112 e. The molecular formula is C26H21N5. The number of rotatable bonds is 3. The number of benzene rings is 2. The summed E-state index contributed by atoms with van der Waals surface area (Å²) in [5.41, 5.74) is 6.50. The smallest absolute Gasteiger partial charge is 0.112 e. The molecule has 3 heterocycles. The first-order valence-electron chi connectivity index (χ1n) is 10.2. The maximum atomic E-state index is 9.45. The van der Waals surface area contributed by atoms with E-state index in [9.17, 15) is 5.26 Å². The average molecular weight is 403 g/mol. The first kappa shape index (κ1) is 19.0. The van der Waals surface area contributed by atoms with Gasteiger partial charge in [0.15, 0.2) is 0 Å². The molecule has 5 nitrogen and oxygen atoms in total. The van der Waals surface area contributed by atoms with Crippen LogP contribution in [0.25, 0.3) is 44.2 Å². The van der Waals surface area contributed by atoms with E-state index >= 15 is 0 Å². The highest BCUT2D eigenvalue weighted by atomic mass is 15.3. The van der Waals surface area contributed by atoms with Gasteiger partial charge in [-0.15, -0.1) is 0 Å². The number of nitrogens with zero attached hydrogens (tertiary/aromatic N) is 5. The van der Waals surface area contributed by atoms with Gasteiger partial charge in [-0.2, -0.15) is 10.4 Å². The maximum absolute atomic E-state index is 9.45. The second-order valence-corrected chi connectivity index (χ2v) is 8.28. The van der Waals surface area contributed by atoms with Crippen molar-refractivity contribution in [1.82, 2.24) is 19.7 Å². The van der Waals surface area contributed by atoms with Gasteiger partial charge in [0.25, 0.3) is 0 Å². The summed E-state index contributed by atoms with van der Waals surface area (Å²) in [7, 11) is 1.96. The molecule has 0 amide bonds. The molecule has 3 aromatic heterocycles. The quantitative estimate of drug-likeness (QED) is 0.390. The topological polar surface area (TPSA) is 67.4 Å². The van der Waals surface area contributed by atoms with Crippen molar-refractivity contribution in [2.24, 2.45) is 7.05 Å². The summed E-state index contributed by atoms with van der Waals surface area (Å²) >= 11 is 0. The van der Waals surface area contributed by atoms with E-state index in [0.717, 1.165) is 49.8 Å². The van der Waals surface area contributed by atoms with Crippen LogP contribution in [0.1, 0.15) is 19.4 Å². The lowest BCUT2D eigenvalue weighted by Gasteiger charge is -2.16. The number of aromatic nitrogens is 4. The summed E-state index contributed by atoms with van der Waals surface area (Å²) in [5, 5.41) is 16.3. The third kappa shape index (κ3) is 3.13. The Kier molecular flexibility index (Phi) is 4.30. The second-order valence-electron chi connectivity index (χ2n) is 8.28. The van der Waals surface area contributed by atoms with Crippen molar-refractivity contribution in [3.63, 3.8) is 0 Å². The first-order chi connectivity index (χ1) is 15.0. The van der Waals surface area contributed by atoms with Crippen LogP contribution in [0.3, 0.4) is 0 Å². The molecule has 0 bridgehead atoms. The van der Waals surface area contributed by atoms with Gasteiger partial charge in [-0.1, -0.05) is 36.4 Å². The van der Waals surface area contributed by atoms with Gasteiger partial charge in [-0.25, -0.2) is 0 Å². The molecule has 0 saturated heterocycles. The largest absolute Gasteiger partial charge is 0.267 e. The average Bonchev–Trinajstić information content (AvgIpc) is 3.15. The van der Waals surface area contributed by atoms with Gasteiger partial charge in [-0.05, 0) is 43.2 Å². The molecule has 5 rings (SSSR count). The summed E-state index contributed by atoms with van der Waals surface area (Å²) in [6, 6.07) is 20.9. The lowest BCUT2D eigenvalue weighted by atomic mass is 9.86. The highest BCUT2D eigenvalue weighted by Crippen LogP contribution is 2.36. The molecule has 0 spiro atoms. The van der Waals surface area contributed by atoms with E-state index in [1.165, 1.54) is 0 Å². The molecule has 0 radical (unpaired) electrons. The van der Waals surface area contributed by atoms with E-state index in [0.29, 0.717) is 0 Å². The molecule has 2 aromatic carbocycles. The third-order valence-electron chi connectivity index (χ3n) is 5.82. The normalized spacial score (nSPS) is 11.7. The standard InChI is InChI=1S/C26H21N5/c1-26(2,16-27)20-9-6-17(7-10-20)25-24-21-13-18(19-5-4-12-28-14-19)8-11-22(21)29-15-23(24)30-31(25)3/h4-15H,1-3H3. The number of nitriles is 1. The molecule has 150 valence electrons. The summed E-state index contributed by atoms with van der Waals surface area (Å²) in [5.74, 6) is 0. The van der Waals surface area contributed by atoms with Crippen LogP contribution in [0.2, 0.25) is 0 Å². The molecule has 0 unspecified atom stereocenters. The lowest BCUT2D eigenvalue weighted by molar-refractivity contribution is 0.687. The fourth-order valence-electron chi connectivity index (χ4n) is 4.03. The predicted molar refractivity (Wildman–Crippen MR) is 123 cm³/mol. The Bertz CT molecular complexity index is 1460. The molecule has 0 aliphatic carbocycles. The van der Waals surface area contributed by atoms with Crippen LogP contribution in [0, 0.1) is 11.3 Å². The first-order valence-corrected chi connectivity index (χ1v) is 10.2. The van der Waals surface area contributed by atoms with E-state index in [-0.39, 0.29) is 0 Å². The minimum atomic E-state index is -0.526. The molecule has 31 heavy (non-hydrogen) atoms. The molecule has 0 N–H and O–H groups in total. The summed E-state index contributed by atoms with van der Waals surface area (Å²) in [4.78, 5) is 8.87. The molecule has 0 aliphatic heterocycles. The number of pyridine rings is 2. The molecule has 0 saturated carbocycles. The zero-order valence-corrected chi connectivity index (χ0v) is 17.7. The molecule has 5 aromatic rings. The Morgan fingerprint density at radius 1 is 0.903 bits per heavy atom. The van der Waals surface area contributed by atoms with Crippen molar-refractivity contribution < 1.29 is 0 Å². The van der Waals surface area contributed by atoms with Crippen molar-refractivity contribution >= 4 is 21.8 Å². The van der Waals surface area contributed by atoms with Gasteiger partial charge >= 0.3 is 0 Å². The fraction of sp³-hybridized carbons (Fsp3) is 0.154. The Labute approximate surface area is 180 Å². The van der Waals surface area contributed by atoms with E-state index < -0.39 is 5.41 Å². The highest BCUT2D eigenvalue weighted by Gasteiger charge is 2.21. The number of aryl methyl sites for hydroxylation is 1. The zero-order chi connectivity index (χ0) is 21.6. The Morgan fingerprint density at radius 2 is 1.68 bits per heavy atom. The van der Waals surface area contributed by atoms with Crippen molar-refractivity contribution in [3.05, 3.63) is 78.8 Å². The van der Waals surface area contributed by atoms with Crippen LogP contribution >= 0.6 is 0 Å². The van der Waals surface area contributed by atoms with Gasteiger partial charge in [0.2, 0.25) is 0 Å². The summed E-state index contributed by atoms with van der Waals surface area (Å²) in [6.45, 7) is 3.86. The number of fused-ring (bicyclic) bond motifs is 3. The lowest BCUT2D eigenvalue weighted by Crippen LogP contribution is -2.13. The van der Waals surface area contributed by atoms with E-state index in [2.05, 4.69) is 46.4 Å². The third-order valence-corrected chi connectivity index (χ3v) is 5.82. The van der Waals surface area contributed by atoms with E-state index in [4.69, 9.17) is 5.10 Å². The molecule has 5 heteroatoms. The SMILES string of the molecule is Cn1nc2cnc3ccc(-c4cccnc4)cc3c2c1-c1ccc(C(C)(C)C#N)cc1. The molecular weight excluding hydrogens is 382 g/mol. The molecule has 0 atom stereocenters. The van der Waals surface area contributed by atoms with Crippen molar-refractivity contribution in [1.29, 1.82) is 5.26 Å². The van der Waals surface area contributed by atoms with Crippen molar-refractivity contribution in [2.45, 2.75) is 19.3 Å². The second kappa shape index (κ2) is 7.03. The van der Waals surface area contributed by atoms with E-state index in [1.807, 2.05) is 62.2 Å². The van der Waals surface area contributed by atoms with Gasteiger partial charge in [-0.3, -0.25) is 14.6 Å². The zero-order valence-electron chi connectivity index (χ0n) is 17.7. The van der Waals surface area contributed by atoms with Gasteiger partial charge < -0.3 is 0 Å². The van der Waals surface area contributed by atoms with Crippen LogP contribution in [0.15, 0.2) is 73.2 Å². The van der Waals surface area contributed by atoms with Crippen LogP contribution in [-0.4, -0.2) is 19.7 Å². The minimum absolute atomic E-state index is 0.526. The van der Waals surface area contributed by atoms with Gasteiger partial charge in [0.05, 0.1) is 28.9 Å². The fourth-order valence-corrected chi connectivity index (χ4v) is 4.03.